The number of fused-ring (bicyclic) bond motifs is 1. The van der Waals surface area contributed by atoms with Crippen LogP contribution in [0.3, 0.4) is 0 Å². The molecule has 0 amide bonds. The van der Waals surface area contributed by atoms with Gasteiger partial charge >= 0.3 is 6.01 Å². The Morgan fingerprint density at radius 3 is 2.67 bits per heavy atom. The lowest BCUT2D eigenvalue weighted by molar-refractivity contribution is 0.261. The summed E-state index contributed by atoms with van der Waals surface area (Å²) in [6.07, 6.45) is 6.82. The van der Waals surface area contributed by atoms with Gasteiger partial charge in [0.05, 0.1) is 0 Å². The van der Waals surface area contributed by atoms with Crippen molar-refractivity contribution in [3.8, 4) is 6.01 Å². The number of aromatic nitrogens is 4. The van der Waals surface area contributed by atoms with Crippen molar-refractivity contribution < 1.29 is 4.74 Å². The molecule has 0 atom stereocenters. The van der Waals surface area contributed by atoms with Crippen molar-refractivity contribution in [3.05, 3.63) is 52.1 Å². The van der Waals surface area contributed by atoms with E-state index in [0.29, 0.717) is 36.2 Å². The van der Waals surface area contributed by atoms with Crippen LogP contribution in [0.1, 0.15) is 62.8 Å². The molecular formula is C21H26N4O2. The molecule has 1 saturated carbocycles. The smallest absolute Gasteiger partial charge is 0.301 e. The Labute approximate surface area is 158 Å². The molecule has 3 aromatic rings. The monoisotopic (exact) mass is 366 g/mol. The summed E-state index contributed by atoms with van der Waals surface area (Å²) in [5.41, 5.74) is 1.91. The number of rotatable bonds is 6. The highest BCUT2D eigenvalue weighted by atomic mass is 16.5. The first kappa shape index (κ1) is 17.8. The summed E-state index contributed by atoms with van der Waals surface area (Å²) < 4.78 is 7.54. The van der Waals surface area contributed by atoms with Crippen LogP contribution in [-0.2, 0) is 13.2 Å². The van der Waals surface area contributed by atoms with Gasteiger partial charge in [-0.1, -0.05) is 56.5 Å². The van der Waals surface area contributed by atoms with E-state index in [0.717, 1.165) is 30.7 Å². The summed E-state index contributed by atoms with van der Waals surface area (Å²) in [5, 5.41) is 0. The maximum absolute atomic E-state index is 13.0. The fourth-order valence-electron chi connectivity index (χ4n) is 3.81. The topological polar surface area (TPSA) is 72.8 Å². The predicted molar refractivity (Wildman–Crippen MR) is 105 cm³/mol. The van der Waals surface area contributed by atoms with Crippen LogP contribution in [0.15, 0.2) is 35.1 Å². The van der Waals surface area contributed by atoms with E-state index in [1.54, 1.807) is 4.57 Å². The molecule has 6 nitrogen and oxygen atoms in total. The van der Waals surface area contributed by atoms with Gasteiger partial charge < -0.3 is 9.72 Å². The zero-order chi connectivity index (χ0) is 18.6. The molecule has 2 heterocycles. The predicted octanol–water partition coefficient (Wildman–Crippen LogP) is 4.16. The fraction of sp³-hybridized carbons (Fsp3) is 0.476. The third-order valence-electron chi connectivity index (χ3n) is 5.24. The summed E-state index contributed by atoms with van der Waals surface area (Å²) >= 11 is 0. The molecule has 0 spiro atoms. The van der Waals surface area contributed by atoms with Crippen LogP contribution < -0.4 is 10.3 Å². The average Bonchev–Trinajstić information content (AvgIpc) is 3.15. The second kappa shape index (κ2) is 7.94. The van der Waals surface area contributed by atoms with E-state index in [1.807, 2.05) is 37.3 Å². The maximum atomic E-state index is 13.0. The number of nitrogens with one attached hydrogen (secondary N) is 1. The number of imidazole rings is 1. The Balaban J connectivity index is 1.68. The molecule has 4 rings (SSSR count). The molecule has 1 N–H and O–H groups in total. The number of ether oxygens (including phenoxy) is 1. The van der Waals surface area contributed by atoms with E-state index >= 15 is 0 Å². The molecule has 0 unspecified atom stereocenters. The molecular weight excluding hydrogens is 340 g/mol. The lowest BCUT2D eigenvalue weighted by Gasteiger charge is -2.18. The third kappa shape index (κ3) is 3.75. The molecule has 0 radical (unpaired) electrons. The van der Waals surface area contributed by atoms with Gasteiger partial charge in [-0.25, -0.2) is 4.98 Å². The molecule has 1 fully saturated rings. The molecule has 1 aliphatic carbocycles. The molecule has 2 aromatic heterocycles. The van der Waals surface area contributed by atoms with Crippen LogP contribution in [0, 0.1) is 0 Å². The van der Waals surface area contributed by atoms with Crippen LogP contribution in [0.4, 0.5) is 0 Å². The van der Waals surface area contributed by atoms with Gasteiger partial charge in [-0.2, -0.15) is 4.98 Å². The van der Waals surface area contributed by atoms with Gasteiger partial charge in [0.15, 0.2) is 11.2 Å². The van der Waals surface area contributed by atoms with E-state index in [1.165, 1.54) is 19.3 Å². The van der Waals surface area contributed by atoms with Gasteiger partial charge in [0.25, 0.3) is 5.56 Å². The Bertz CT molecular complexity index is 955. The van der Waals surface area contributed by atoms with Crippen LogP contribution >= 0.6 is 0 Å². The molecule has 1 aliphatic rings. The standard InChI is InChI=1S/C21H26N4O2/c1-2-13-25-20(26)17-19(23-18(22-17)16-11-7-4-8-12-16)24-21(25)27-14-15-9-5-3-6-10-15/h3,5-6,9-10,16H,2,4,7-8,11-14H2,1H3,(H,22,23). The highest BCUT2D eigenvalue weighted by Gasteiger charge is 2.22. The van der Waals surface area contributed by atoms with E-state index < -0.39 is 0 Å². The zero-order valence-electron chi connectivity index (χ0n) is 15.8. The number of hydrogen-bond donors (Lipinski definition) is 1. The van der Waals surface area contributed by atoms with Crippen molar-refractivity contribution in [3.63, 3.8) is 0 Å². The molecule has 0 bridgehead atoms. The van der Waals surface area contributed by atoms with Gasteiger partial charge in [-0.3, -0.25) is 9.36 Å². The van der Waals surface area contributed by atoms with Crippen LogP contribution in [0.5, 0.6) is 6.01 Å². The van der Waals surface area contributed by atoms with E-state index in [9.17, 15) is 4.79 Å². The quantitative estimate of drug-likeness (QED) is 0.711. The summed E-state index contributed by atoms with van der Waals surface area (Å²) in [4.78, 5) is 25.5. The van der Waals surface area contributed by atoms with Crippen molar-refractivity contribution in [1.29, 1.82) is 0 Å². The maximum Gasteiger partial charge on any atom is 0.301 e. The van der Waals surface area contributed by atoms with Crippen molar-refractivity contribution in [1.82, 2.24) is 19.5 Å². The SMILES string of the molecule is CCCn1c(OCc2ccccc2)nc2nc(C3CCCCC3)[nH]c2c1=O. The van der Waals surface area contributed by atoms with Gasteiger partial charge in [-0.15, -0.1) is 0 Å². The van der Waals surface area contributed by atoms with Gasteiger partial charge in [0, 0.05) is 12.5 Å². The highest BCUT2D eigenvalue weighted by molar-refractivity contribution is 5.70. The lowest BCUT2D eigenvalue weighted by atomic mass is 9.89. The zero-order valence-corrected chi connectivity index (χ0v) is 15.8. The highest BCUT2D eigenvalue weighted by Crippen LogP contribution is 2.31. The van der Waals surface area contributed by atoms with E-state index in [4.69, 9.17) is 4.74 Å². The first-order valence-electron chi connectivity index (χ1n) is 9.93. The molecule has 142 valence electrons. The largest absolute Gasteiger partial charge is 0.460 e. The number of H-pyrrole nitrogens is 1. The van der Waals surface area contributed by atoms with E-state index in [2.05, 4.69) is 15.0 Å². The Morgan fingerprint density at radius 1 is 1.15 bits per heavy atom. The average molecular weight is 366 g/mol. The van der Waals surface area contributed by atoms with Crippen molar-refractivity contribution in [2.24, 2.45) is 0 Å². The van der Waals surface area contributed by atoms with Gasteiger partial charge in [0.1, 0.15) is 12.4 Å². The Hall–Kier alpha value is -2.63. The van der Waals surface area contributed by atoms with Crippen molar-refractivity contribution in [2.75, 3.05) is 0 Å². The Kier molecular flexibility index (Phi) is 5.23. The summed E-state index contributed by atoms with van der Waals surface area (Å²) in [6.45, 7) is 2.99. The summed E-state index contributed by atoms with van der Waals surface area (Å²) in [5.74, 6) is 1.30. The Morgan fingerprint density at radius 2 is 1.93 bits per heavy atom. The summed E-state index contributed by atoms with van der Waals surface area (Å²) in [6, 6.07) is 10.3. The molecule has 1 aromatic carbocycles. The lowest BCUT2D eigenvalue weighted by Crippen LogP contribution is -2.23. The second-order valence-corrected chi connectivity index (χ2v) is 7.28. The van der Waals surface area contributed by atoms with Gasteiger partial charge in [-0.05, 0) is 24.8 Å². The molecule has 0 aliphatic heterocycles. The minimum Gasteiger partial charge on any atom is -0.460 e. The normalized spacial score (nSPS) is 15.3. The van der Waals surface area contributed by atoms with Crippen LogP contribution in [0.2, 0.25) is 0 Å². The number of benzene rings is 1. The second-order valence-electron chi connectivity index (χ2n) is 7.28. The first-order chi connectivity index (χ1) is 13.3. The number of aromatic amines is 1. The minimum atomic E-state index is -0.0977. The summed E-state index contributed by atoms with van der Waals surface area (Å²) in [7, 11) is 0. The minimum absolute atomic E-state index is 0.0977. The van der Waals surface area contributed by atoms with Crippen molar-refractivity contribution >= 4 is 11.2 Å². The van der Waals surface area contributed by atoms with Gasteiger partial charge in [0.2, 0.25) is 0 Å². The molecule has 0 saturated heterocycles. The third-order valence-corrected chi connectivity index (χ3v) is 5.24. The fourth-order valence-corrected chi connectivity index (χ4v) is 3.81. The van der Waals surface area contributed by atoms with Crippen molar-refractivity contribution in [2.45, 2.75) is 64.5 Å². The van der Waals surface area contributed by atoms with Crippen LogP contribution in [0.25, 0.3) is 11.2 Å². The van der Waals surface area contributed by atoms with E-state index in [-0.39, 0.29) is 5.56 Å². The molecule has 27 heavy (non-hydrogen) atoms. The van der Waals surface area contributed by atoms with Crippen LogP contribution in [-0.4, -0.2) is 19.5 Å². The number of hydrogen-bond acceptors (Lipinski definition) is 4. The first-order valence-corrected chi connectivity index (χ1v) is 9.93. The molecule has 6 heteroatoms. The number of nitrogens with zero attached hydrogens (tertiary/aromatic N) is 3.